The van der Waals surface area contributed by atoms with E-state index < -0.39 is 0 Å². The van der Waals surface area contributed by atoms with Gasteiger partial charge in [-0.1, -0.05) is 6.07 Å². The Morgan fingerprint density at radius 2 is 1.93 bits per heavy atom. The normalized spacial score (nSPS) is 12.6. The summed E-state index contributed by atoms with van der Waals surface area (Å²) in [6, 6.07) is 7.99. The highest BCUT2D eigenvalue weighted by Gasteiger charge is 2.14. The fraction of sp³-hybridized carbons (Fsp3) is 0.0909. The molecule has 0 unspecified atom stereocenters. The number of nitrogens with zero attached hydrogens (tertiary/aromatic N) is 2. The highest BCUT2D eigenvalue weighted by molar-refractivity contribution is 5.66. The van der Waals surface area contributed by atoms with Crippen molar-refractivity contribution in [3.63, 3.8) is 0 Å². The Kier molecular flexibility index (Phi) is 1.50. The van der Waals surface area contributed by atoms with Gasteiger partial charge in [-0.3, -0.25) is 4.98 Å². The minimum Gasteiger partial charge on any atom is -0.339 e. The maximum atomic E-state index is 4.33. The molecular formula is C11H9N3. The lowest BCUT2D eigenvalue weighted by Crippen LogP contribution is -2.09. The molecule has 0 bridgehead atoms. The Balaban J connectivity index is 2.12. The van der Waals surface area contributed by atoms with E-state index in [1.165, 1.54) is 5.56 Å². The van der Waals surface area contributed by atoms with E-state index in [-0.39, 0.29) is 0 Å². The van der Waals surface area contributed by atoms with Gasteiger partial charge in [0.25, 0.3) is 0 Å². The number of anilines is 2. The second-order valence-electron chi connectivity index (χ2n) is 3.31. The van der Waals surface area contributed by atoms with E-state index in [1.807, 2.05) is 24.4 Å². The topological polar surface area (TPSA) is 37.8 Å². The Morgan fingerprint density at radius 1 is 1.07 bits per heavy atom. The van der Waals surface area contributed by atoms with Crippen molar-refractivity contribution in [3.8, 4) is 0 Å². The molecule has 0 atom stereocenters. The summed E-state index contributed by atoms with van der Waals surface area (Å²) >= 11 is 0. The summed E-state index contributed by atoms with van der Waals surface area (Å²) in [6.07, 6.45) is 4.49. The first kappa shape index (κ1) is 7.50. The number of rotatable bonds is 0. The van der Waals surface area contributed by atoms with E-state index in [2.05, 4.69) is 21.4 Å². The standard InChI is InChI=1S/C11H9N3/c1-3-8-7-10-9(4-2-5-12-10)14-11(8)13-6-1/h1-6H,7H2,(H,13,14). The summed E-state index contributed by atoms with van der Waals surface area (Å²) in [5.74, 6) is 0.952. The second-order valence-corrected chi connectivity index (χ2v) is 3.31. The van der Waals surface area contributed by atoms with Gasteiger partial charge in [0, 0.05) is 24.4 Å². The summed E-state index contributed by atoms with van der Waals surface area (Å²) in [5, 5.41) is 3.27. The molecule has 3 heteroatoms. The van der Waals surface area contributed by atoms with Gasteiger partial charge in [0.2, 0.25) is 0 Å². The lowest BCUT2D eigenvalue weighted by atomic mass is 10.1. The summed E-state index contributed by atoms with van der Waals surface area (Å²) in [6.45, 7) is 0. The van der Waals surface area contributed by atoms with Crippen LogP contribution in [0, 0.1) is 0 Å². The largest absolute Gasteiger partial charge is 0.339 e. The monoisotopic (exact) mass is 183 g/mol. The van der Waals surface area contributed by atoms with E-state index in [4.69, 9.17) is 0 Å². The van der Waals surface area contributed by atoms with Gasteiger partial charge in [0.15, 0.2) is 0 Å². The minimum absolute atomic E-state index is 0.867. The molecule has 2 aromatic heterocycles. The zero-order valence-electron chi connectivity index (χ0n) is 7.57. The van der Waals surface area contributed by atoms with Crippen molar-refractivity contribution in [3.05, 3.63) is 47.9 Å². The number of hydrogen-bond acceptors (Lipinski definition) is 3. The zero-order chi connectivity index (χ0) is 9.38. The van der Waals surface area contributed by atoms with Crippen LogP contribution in [0.4, 0.5) is 11.5 Å². The average molecular weight is 183 g/mol. The molecule has 1 aliphatic rings. The first-order valence-electron chi connectivity index (χ1n) is 4.58. The van der Waals surface area contributed by atoms with E-state index in [9.17, 15) is 0 Å². The molecule has 1 N–H and O–H groups in total. The van der Waals surface area contributed by atoms with Crippen molar-refractivity contribution in [2.24, 2.45) is 0 Å². The first-order valence-corrected chi connectivity index (χ1v) is 4.58. The SMILES string of the molecule is c1cnc2c(c1)Cc1ncccc1N2. The molecule has 3 rings (SSSR count). The summed E-state index contributed by atoms with van der Waals surface area (Å²) < 4.78 is 0. The van der Waals surface area contributed by atoms with Crippen LogP contribution in [0.25, 0.3) is 0 Å². The van der Waals surface area contributed by atoms with Crippen LogP contribution in [0.3, 0.4) is 0 Å². The number of fused-ring (bicyclic) bond motifs is 2. The molecule has 0 amide bonds. The van der Waals surface area contributed by atoms with E-state index in [0.29, 0.717) is 0 Å². The predicted octanol–water partition coefficient (Wildman–Crippen LogP) is 2.12. The van der Waals surface area contributed by atoms with Crippen LogP contribution in [-0.4, -0.2) is 9.97 Å². The molecule has 1 aliphatic heterocycles. The molecule has 2 aromatic rings. The fourth-order valence-corrected chi connectivity index (χ4v) is 1.69. The number of hydrogen-bond donors (Lipinski definition) is 1. The van der Waals surface area contributed by atoms with Crippen LogP contribution in [0.5, 0.6) is 0 Å². The molecule has 14 heavy (non-hydrogen) atoms. The Hall–Kier alpha value is -1.90. The zero-order valence-corrected chi connectivity index (χ0v) is 7.57. The molecule has 0 radical (unpaired) electrons. The Bertz CT molecular complexity index is 392. The van der Waals surface area contributed by atoms with Crippen LogP contribution in [-0.2, 0) is 6.42 Å². The maximum Gasteiger partial charge on any atom is 0.133 e. The van der Waals surface area contributed by atoms with Crippen LogP contribution < -0.4 is 5.32 Å². The number of nitrogens with one attached hydrogen (secondary N) is 1. The van der Waals surface area contributed by atoms with Crippen molar-refractivity contribution in [1.29, 1.82) is 0 Å². The van der Waals surface area contributed by atoms with Crippen LogP contribution in [0.2, 0.25) is 0 Å². The molecule has 0 aromatic carbocycles. The molecule has 0 spiro atoms. The Labute approximate surface area is 81.8 Å². The lowest BCUT2D eigenvalue weighted by molar-refractivity contribution is 1.03. The maximum absolute atomic E-state index is 4.33. The van der Waals surface area contributed by atoms with Gasteiger partial charge < -0.3 is 5.32 Å². The summed E-state index contributed by atoms with van der Waals surface area (Å²) in [5.41, 5.74) is 3.37. The quantitative estimate of drug-likeness (QED) is 0.580. The third-order valence-corrected chi connectivity index (χ3v) is 2.39. The van der Waals surface area contributed by atoms with Crippen LogP contribution >= 0.6 is 0 Å². The van der Waals surface area contributed by atoms with Crippen molar-refractivity contribution in [2.75, 3.05) is 5.32 Å². The Morgan fingerprint density at radius 3 is 2.93 bits per heavy atom. The molecule has 0 fully saturated rings. The molecule has 3 nitrogen and oxygen atoms in total. The third-order valence-electron chi connectivity index (χ3n) is 2.39. The van der Waals surface area contributed by atoms with Gasteiger partial charge in [0.1, 0.15) is 5.82 Å². The molecule has 68 valence electrons. The van der Waals surface area contributed by atoms with Crippen molar-refractivity contribution >= 4 is 11.5 Å². The lowest BCUT2D eigenvalue weighted by Gasteiger charge is -2.18. The van der Waals surface area contributed by atoms with Gasteiger partial charge in [0.05, 0.1) is 11.4 Å². The highest BCUT2D eigenvalue weighted by Crippen LogP contribution is 2.28. The van der Waals surface area contributed by atoms with Gasteiger partial charge in [-0.2, -0.15) is 0 Å². The minimum atomic E-state index is 0.867. The number of pyridine rings is 2. The van der Waals surface area contributed by atoms with E-state index in [0.717, 1.165) is 23.6 Å². The fourth-order valence-electron chi connectivity index (χ4n) is 1.69. The van der Waals surface area contributed by atoms with Crippen molar-refractivity contribution in [2.45, 2.75) is 6.42 Å². The summed E-state index contributed by atoms with van der Waals surface area (Å²) in [7, 11) is 0. The molecule has 0 aliphatic carbocycles. The van der Waals surface area contributed by atoms with E-state index >= 15 is 0 Å². The molecule has 0 saturated carbocycles. The second kappa shape index (κ2) is 2.80. The smallest absolute Gasteiger partial charge is 0.133 e. The predicted molar refractivity (Wildman–Crippen MR) is 54.6 cm³/mol. The number of aromatic nitrogens is 2. The molecular weight excluding hydrogens is 174 g/mol. The summed E-state index contributed by atoms with van der Waals surface area (Å²) in [4.78, 5) is 8.61. The van der Waals surface area contributed by atoms with Crippen molar-refractivity contribution in [1.82, 2.24) is 9.97 Å². The third kappa shape index (κ3) is 1.06. The van der Waals surface area contributed by atoms with Gasteiger partial charge >= 0.3 is 0 Å². The van der Waals surface area contributed by atoms with Crippen molar-refractivity contribution < 1.29 is 0 Å². The van der Waals surface area contributed by atoms with E-state index in [1.54, 1.807) is 6.20 Å². The van der Waals surface area contributed by atoms with Gasteiger partial charge in [-0.05, 0) is 18.2 Å². The van der Waals surface area contributed by atoms with Crippen LogP contribution in [0.15, 0.2) is 36.7 Å². The average Bonchev–Trinajstić information content (AvgIpc) is 2.26. The first-order chi connectivity index (χ1) is 6.93. The van der Waals surface area contributed by atoms with Gasteiger partial charge in [-0.15, -0.1) is 0 Å². The molecule has 3 heterocycles. The highest BCUT2D eigenvalue weighted by atomic mass is 15.0. The van der Waals surface area contributed by atoms with Crippen LogP contribution in [0.1, 0.15) is 11.3 Å². The molecule has 0 saturated heterocycles. The van der Waals surface area contributed by atoms with Gasteiger partial charge in [-0.25, -0.2) is 4.98 Å².